The van der Waals surface area contributed by atoms with Gasteiger partial charge in [-0.2, -0.15) is 0 Å². The van der Waals surface area contributed by atoms with E-state index in [4.69, 9.17) is 0 Å². The third-order valence-electron chi connectivity index (χ3n) is 1.13. The first-order chi connectivity index (χ1) is 4.18. The van der Waals surface area contributed by atoms with Gasteiger partial charge in [-0.15, -0.1) is 0 Å². The first-order valence-corrected chi connectivity index (χ1v) is 4.68. The number of hydrogen-bond acceptors (Lipinski definition) is 0. The molecule has 0 rings (SSSR count). The molecule has 0 aromatic rings. The molecule has 0 nitrogen and oxygen atoms in total. The maximum atomic E-state index is 3.89. The van der Waals surface area contributed by atoms with Crippen molar-refractivity contribution in [1.82, 2.24) is 0 Å². The second-order valence-electron chi connectivity index (χ2n) is 2.22. The Morgan fingerprint density at radius 2 is 2.11 bits per heavy atom. The molecule has 0 unspecified atom stereocenters. The minimum atomic E-state index is 0.580. The summed E-state index contributed by atoms with van der Waals surface area (Å²) >= 11 is 1.48. The van der Waals surface area contributed by atoms with Crippen LogP contribution >= 0.6 is 0 Å². The van der Waals surface area contributed by atoms with Crippen molar-refractivity contribution >= 4 is 4.40 Å². The summed E-state index contributed by atoms with van der Waals surface area (Å²) in [6.45, 7) is 8.19. The molecule has 0 aromatic heterocycles. The van der Waals surface area contributed by atoms with Gasteiger partial charge < -0.3 is 0 Å². The van der Waals surface area contributed by atoms with E-state index in [9.17, 15) is 0 Å². The van der Waals surface area contributed by atoms with E-state index >= 15 is 0 Å². The fourth-order valence-electron chi connectivity index (χ4n) is 0.355. The summed E-state index contributed by atoms with van der Waals surface area (Å²) in [5.41, 5.74) is 1.20. The zero-order chi connectivity index (χ0) is 7.28. The van der Waals surface area contributed by atoms with E-state index in [2.05, 4.69) is 37.0 Å². The van der Waals surface area contributed by atoms with Gasteiger partial charge in [-0.05, 0) is 0 Å². The molecule has 50 valence electrons. The van der Waals surface area contributed by atoms with Gasteiger partial charge in [0.2, 0.25) is 0 Å². The number of hydrogen-bond donors (Lipinski definition) is 0. The molecule has 0 atom stereocenters. The van der Waals surface area contributed by atoms with Crippen LogP contribution in [0.25, 0.3) is 0 Å². The molecule has 0 fully saturated rings. The molecule has 0 aromatic carbocycles. The van der Waals surface area contributed by atoms with Crippen LogP contribution in [0, 0.1) is 5.92 Å². The second-order valence-corrected chi connectivity index (χ2v) is 3.20. The van der Waals surface area contributed by atoms with Gasteiger partial charge in [-0.25, -0.2) is 0 Å². The molecule has 0 amide bonds. The summed E-state index contributed by atoms with van der Waals surface area (Å²) in [4.78, 5) is 0. The van der Waals surface area contributed by atoms with Gasteiger partial charge in [-0.1, -0.05) is 0 Å². The van der Waals surface area contributed by atoms with Crippen LogP contribution in [0.1, 0.15) is 13.8 Å². The van der Waals surface area contributed by atoms with Gasteiger partial charge in [0.15, 0.2) is 0 Å². The molecular formula is C8H12W. The SMILES string of the molecule is C=C(C=C[CH]=[W])C(C)C. The average Bonchev–Trinajstić information content (AvgIpc) is 1.82. The van der Waals surface area contributed by atoms with E-state index in [1.165, 1.54) is 24.9 Å². The predicted molar refractivity (Wildman–Crippen MR) is 39.2 cm³/mol. The molecule has 0 N–H and O–H groups in total. The van der Waals surface area contributed by atoms with Crippen LogP contribution in [0.3, 0.4) is 0 Å². The van der Waals surface area contributed by atoms with Crippen molar-refractivity contribution < 1.29 is 19.4 Å². The van der Waals surface area contributed by atoms with Gasteiger partial charge in [-0.3, -0.25) is 0 Å². The molecule has 0 bridgehead atoms. The van der Waals surface area contributed by atoms with Crippen molar-refractivity contribution in [1.29, 1.82) is 0 Å². The standard InChI is InChI=1S/C8H12.W/c1-5-6-8(4)7(2)3;/h1,5-7H,4H2,2-3H3;. The molecule has 0 spiro atoms. The van der Waals surface area contributed by atoms with Crippen molar-refractivity contribution in [2.75, 3.05) is 0 Å². The van der Waals surface area contributed by atoms with Gasteiger partial charge in [0, 0.05) is 0 Å². The van der Waals surface area contributed by atoms with Crippen molar-refractivity contribution in [2.24, 2.45) is 5.92 Å². The predicted octanol–water partition coefficient (Wildman–Crippen LogP) is 2.10. The summed E-state index contributed by atoms with van der Waals surface area (Å²) in [6.07, 6.45) is 4.12. The van der Waals surface area contributed by atoms with E-state index in [-0.39, 0.29) is 0 Å². The summed E-state index contributed by atoms with van der Waals surface area (Å²) < 4.78 is 2.09. The third kappa shape index (κ3) is 4.54. The Hall–Kier alpha value is 0.0383. The normalized spacial score (nSPS) is 10.6. The molecule has 9 heavy (non-hydrogen) atoms. The Kier molecular flexibility index (Phi) is 4.90. The van der Waals surface area contributed by atoms with E-state index < -0.39 is 0 Å². The first kappa shape index (κ1) is 9.04. The van der Waals surface area contributed by atoms with Crippen LogP contribution in [0.5, 0.6) is 0 Å². The Balaban J connectivity index is 3.76. The molecule has 1 heteroatoms. The summed E-state index contributed by atoms with van der Waals surface area (Å²) in [7, 11) is 0. The Morgan fingerprint density at radius 1 is 1.56 bits per heavy atom. The zero-order valence-electron chi connectivity index (χ0n) is 5.92. The third-order valence-corrected chi connectivity index (χ3v) is 1.69. The van der Waals surface area contributed by atoms with Gasteiger partial charge in [0.25, 0.3) is 0 Å². The van der Waals surface area contributed by atoms with E-state index in [0.29, 0.717) is 5.92 Å². The zero-order valence-corrected chi connectivity index (χ0v) is 8.86. The molecule has 0 saturated carbocycles. The fourth-order valence-corrected chi connectivity index (χ4v) is 0.638. The molecular weight excluding hydrogens is 280 g/mol. The first-order valence-electron chi connectivity index (χ1n) is 2.99. The van der Waals surface area contributed by atoms with E-state index in [1.54, 1.807) is 0 Å². The van der Waals surface area contributed by atoms with Crippen LogP contribution in [0.15, 0.2) is 24.3 Å². The Bertz CT molecular complexity index is 132. The maximum absolute atomic E-state index is 3.89. The molecule has 0 aliphatic heterocycles. The summed E-state index contributed by atoms with van der Waals surface area (Å²) in [6, 6.07) is 0. The Morgan fingerprint density at radius 3 is 2.44 bits per heavy atom. The van der Waals surface area contributed by atoms with Crippen LogP contribution in [-0.2, 0) is 19.4 Å². The molecule has 0 aliphatic rings. The van der Waals surface area contributed by atoms with Gasteiger partial charge >= 0.3 is 67.8 Å². The fraction of sp³-hybridized carbons (Fsp3) is 0.375. The van der Waals surface area contributed by atoms with E-state index in [1.807, 2.05) is 0 Å². The summed E-state index contributed by atoms with van der Waals surface area (Å²) in [5, 5.41) is 0. The Labute approximate surface area is 68.1 Å². The average molecular weight is 292 g/mol. The monoisotopic (exact) mass is 292 g/mol. The van der Waals surface area contributed by atoms with Crippen LogP contribution in [0.4, 0.5) is 0 Å². The molecule has 0 saturated heterocycles. The van der Waals surface area contributed by atoms with Crippen LogP contribution in [-0.4, -0.2) is 4.40 Å². The quantitative estimate of drug-likeness (QED) is 0.699. The van der Waals surface area contributed by atoms with Crippen molar-refractivity contribution in [3.05, 3.63) is 24.3 Å². The van der Waals surface area contributed by atoms with Gasteiger partial charge in [0.1, 0.15) is 0 Å². The van der Waals surface area contributed by atoms with Crippen LogP contribution in [0.2, 0.25) is 0 Å². The summed E-state index contributed by atoms with van der Waals surface area (Å²) in [5.74, 6) is 0.580. The van der Waals surface area contributed by atoms with Crippen molar-refractivity contribution in [3.8, 4) is 0 Å². The number of allylic oxidation sites excluding steroid dienone is 3. The van der Waals surface area contributed by atoms with Gasteiger partial charge in [0.05, 0.1) is 0 Å². The second kappa shape index (κ2) is 4.87. The molecule has 0 aliphatic carbocycles. The topological polar surface area (TPSA) is 0 Å². The minimum absolute atomic E-state index is 0.580. The van der Waals surface area contributed by atoms with Crippen molar-refractivity contribution in [2.45, 2.75) is 13.8 Å². The van der Waals surface area contributed by atoms with Crippen LogP contribution < -0.4 is 0 Å². The molecule has 0 radical (unpaired) electrons. The van der Waals surface area contributed by atoms with Crippen molar-refractivity contribution in [3.63, 3.8) is 0 Å². The van der Waals surface area contributed by atoms with E-state index in [0.717, 1.165) is 0 Å². The molecule has 0 heterocycles. The number of rotatable bonds is 3.